The summed E-state index contributed by atoms with van der Waals surface area (Å²) in [6, 6.07) is 1.90. The van der Waals surface area contributed by atoms with Crippen LogP contribution in [0.1, 0.15) is 25.6 Å². The van der Waals surface area contributed by atoms with E-state index >= 15 is 0 Å². The lowest BCUT2D eigenvalue weighted by molar-refractivity contribution is -0.130. The van der Waals surface area contributed by atoms with Gasteiger partial charge in [-0.05, 0) is 32.8 Å². The molecule has 1 saturated heterocycles. The van der Waals surface area contributed by atoms with Crippen molar-refractivity contribution in [3.8, 4) is 0 Å². The molecule has 2 rings (SSSR count). The molecule has 0 spiro atoms. The molecule has 1 fully saturated rings. The third-order valence-electron chi connectivity index (χ3n) is 3.74. The highest BCUT2D eigenvalue weighted by Crippen LogP contribution is 2.31. The van der Waals surface area contributed by atoms with Gasteiger partial charge in [0.2, 0.25) is 5.91 Å². The van der Waals surface area contributed by atoms with Gasteiger partial charge in [-0.25, -0.2) is 9.97 Å². The molecular formula is C15H22N4O. The second kappa shape index (κ2) is 6.03. The first-order valence-corrected chi connectivity index (χ1v) is 6.99. The molecule has 1 aliphatic heterocycles. The van der Waals surface area contributed by atoms with E-state index < -0.39 is 0 Å². The average molecular weight is 274 g/mol. The van der Waals surface area contributed by atoms with E-state index in [2.05, 4.69) is 26.8 Å². The fourth-order valence-electron chi connectivity index (χ4n) is 2.62. The van der Waals surface area contributed by atoms with Gasteiger partial charge in [0.1, 0.15) is 11.6 Å². The summed E-state index contributed by atoms with van der Waals surface area (Å²) in [5.74, 6) is 1.75. The van der Waals surface area contributed by atoms with E-state index in [1.165, 1.54) is 0 Å². The first-order valence-electron chi connectivity index (χ1n) is 6.99. The molecular weight excluding hydrogens is 252 g/mol. The third-order valence-corrected chi connectivity index (χ3v) is 3.74. The molecule has 1 aliphatic rings. The molecule has 108 valence electrons. The summed E-state index contributed by atoms with van der Waals surface area (Å²) >= 11 is 0. The monoisotopic (exact) mass is 274 g/mol. The third kappa shape index (κ3) is 3.15. The second-order valence-corrected chi connectivity index (χ2v) is 5.55. The maximum absolute atomic E-state index is 12.3. The number of carbonyl (C=O) groups excluding carboxylic acids is 1. The van der Waals surface area contributed by atoms with E-state index in [-0.39, 0.29) is 11.3 Å². The van der Waals surface area contributed by atoms with Gasteiger partial charge >= 0.3 is 0 Å². The van der Waals surface area contributed by atoms with Gasteiger partial charge in [0.25, 0.3) is 0 Å². The Morgan fingerprint density at radius 3 is 3.15 bits per heavy atom. The lowest BCUT2D eigenvalue weighted by Gasteiger charge is -2.39. The summed E-state index contributed by atoms with van der Waals surface area (Å²) in [6.07, 6.45) is 5.36. The molecule has 0 aromatic carbocycles. The first kappa shape index (κ1) is 14.5. The summed E-state index contributed by atoms with van der Waals surface area (Å²) in [6.45, 7) is 9.66. The largest absolute Gasteiger partial charge is 0.355 e. The molecule has 1 amide bonds. The van der Waals surface area contributed by atoms with Crippen LogP contribution in [0.4, 0.5) is 5.82 Å². The van der Waals surface area contributed by atoms with Crippen LogP contribution in [0.3, 0.4) is 0 Å². The summed E-state index contributed by atoms with van der Waals surface area (Å²) in [4.78, 5) is 23.0. The van der Waals surface area contributed by atoms with E-state index in [0.717, 1.165) is 31.0 Å². The molecule has 0 aliphatic carbocycles. The van der Waals surface area contributed by atoms with Gasteiger partial charge in [-0.2, -0.15) is 0 Å². The van der Waals surface area contributed by atoms with Crippen LogP contribution in [-0.2, 0) is 4.79 Å². The minimum atomic E-state index is -0.375. The van der Waals surface area contributed by atoms with Crippen molar-refractivity contribution in [1.29, 1.82) is 0 Å². The number of piperidine rings is 1. The molecule has 1 aromatic rings. The molecule has 1 unspecified atom stereocenters. The van der Waals surface area contributed by atoms with Gasteiger partial charge in [0.05, 0.1) is 5.41 Å². The summed E-state index contributed by atoms with van der Waals surface area (Å²) < 4.78 is 0. The SMILES string of the molecule is C=CCNC(=O)C1(C)CCCN(c2ccnc(C)n2)C1. The number of nitrogens with one attached hydrogen (secondary N) is 1. The first-order chi connectivity index (χ1) is 9.55. The number of anilines is 1. The van der Waals surface area contributed by atoms with Crippen LogP contribution >= 0.6 is 0 Å². The summed E-state index contributed by atoms with van der Waals surface area (Å²) in [5.41, 5.74) is -0.375. The van der Waals surface area contributed by atoms with Crippen LogP contribution in [0, 0.1) is 12.3 Å². The normalized spacial score (nSPS) is 22.4. The molecule has 1 aromatic heterocycles. The molecule has 1 atom stereocenters. The van der Waals surface area contributed by atoms with Gasteiger partial charge in [0.15, 0.2) is 0 Å². The minimum absolute atomic E-state index is 0.0906. The number of carbonyl (C=O) groups is 1. The van der Waals surface area contributed by atoms with Crippen LogP contribution in [0.25, 0.3) is 0 Å². The summed E-state index contributed by atoms with van der Waals surface area (Å²) in [7, 11) is 0. The van der Waals surface area contributed by atoms with Crippen molar-refractivity contribution in [2.75, 3.05) is 24.5 Å². The van der Waals surface area contributed by atoms with Crippen molar-refractivity contribution < 1.29 is 4.79 Å². The predicted octanol–water partition coefficient (Wildman–Crippen LogP) is 1.69. The Morgan fingerprint density at radius 2 is 2.45 bits per heavy atom. The topological polar surface area (TPSA) is 58.1 Å². The van der Waals surface area contributed by atoms with Crippen molar-refractivity contribution in [2.24, 2.45) is 5.41 Å². The van der Waals surface area contributed by atoms with Gasteiger partial charge in [-0.15, -0.1) is 6.58 Å². The highest BCUT2D eigenvalue weighted by atomic mass is 16.2. The number of aryl methyl sites for hydroxylation is 1. The molecule has 1 N–H and O–H groups in total. The van der Waals surface area contributed by atoms with Crippen LogP contribution < -0.4 is 10.2 Å². The Labute approximate surface area is 120 Å². The maximum atomic E-state index is 12.3. The van der Waals surface area contributed by atoms with Crippen LogP contribution in [0.2, 0.25) is 0 Å². The number of hydrogen-bond donors (Lipinski definition) is 1. The van der Waals surface area contributed by atoms with Crippen LogP contribution in [0.15, 0.2) is 24.9 Å². The number of hydrogen-bond acceptors (Lipinski definition) is 4. The van der Waals surface area contributed by atoms with Crippen molar-refractivity contribution in [1.82, 2.24) is 15.3 Å². The predicted molar refractivity (Wildman–Crippen MR) is 79.5 cm³/mol. The fourth-order valence-corrected chi connectivity index (χ4v) is 2.62. The molecule has 5 heteroatoms. The van der Waals surface area contributed by atoms with E-state index in [9.17, 15) is 4.79 Å². The zero-order chi connectivity index (χ0) is 14.6. The number of amides is 1. The van der Waals surface area contributed by atoms with E-state index in [1.54, 1.807) is 12.3 Å². The van der Waals surface area contributed by atoms with E-state index in [0.29, 0.717) is 13.1 Å². The lowest BCUT2D eigenvalue weighted by Crippen LogP contribution is -2.50. The number of nitrogens with zero attached hydrogens (tertiary/aromatic N) is 3. The quantitative estimate of drug-likeness (QED) is 0.849. The highest BCUT2D eigenvalue weighted by molar-refractivity contribution is 5.83. The highest BCUT2D eigenvalue weighted by Gasteiger charge is 2.37. The fraction of sp³-hybridized carbons (Fsp3) is 0.533. The molecule has 0 saturated carbocycles. The van der Waals surface area contributed by atoms with E-state index in [1.807, 2.05) is 19.9 Å². The molecule has 0 bridgehead atoms. The number of aromatic nitrogens is 2. The zero-order valence-electron chi connectivity index (χ0n) is 12.2. The maximum Gasteiger partial charge on any atom is 0.227 e. The average Bonchev–Trinajstić information content (AvgIpc) is 2.44. The summed E-state index contributed by atoms with van der Waals surface area (Å²) in [5, 5.41) is 2.91. The number of rotatable bonds is 4. The van der Waals surface area contributed by atoms with Crippen LogP contribution in [0.5, 0.6) is 0 Å². The second-order valence-electron chi connectivity index (χ2n) is 5.55. The minimum Gasteiger partial charge on any atom is -0.355 e. The van der Waals surface area contributed by atoms with Gasteiger partial charge in [0, 0.05) is 25.8 Å². The molecule has 2 heterocycles. The van der Waals surface area contributed by atoms with Crippen molar-refractivity contribution in [3.63, 3.8) is 0 Å². The zero-order valence-corrected chi connectivity index (χ0v) is 12.2. The molecule has 5 nitrogen and oxygen atoms in total. The van der Waals surface area contributed by atoms with Gasteiger partial charge in [-0.3, -0.25) is 4.79 Å². The molecule has 0 radical (unpaired) electrons. The van der Waals surface area contributed by atoms with Gasteiger partial charge < -0.3 is 10.2 Å². The Kier molecular flexibility index (Phi) is 4.37. The van der Waals surface area contributed by atoms with Crippen molar-refractivity contribution in [3.05, 3.63) is 30.7 Å². The standard InChI is InChI=1S/C15H22N4O/c1-4-8-17-14(20)15(3)7-5-10-19(11-15)13-6-9-16-12(2)18-13/h4,6,9H,1,5,7-8,10-11H2,2-3H3,(H,17,20). The lowest BCUT2D eigenvalue weighted by atomic mass is 9.81. The van der Waals surface area contributed by atoms with Crippen molar-refractivity contribution >= 4 is 11.7 Å². The Bertz CT molecular complexity index is 502. The van der Waals surface area contributed by atoms with Crippen LogP contribution in [-0.4, -0.2) is 35.5 Å². The molecule has 20 heavy (non-hydrogen) atoms. The van der Waals surface area contributed by atoms with Crippen molar-refractivity contribution in [2.45, 2.75) is 26.7 Å². The smallest absolute Gasteiger partial charge is 0.227 e. The van der Waals surface area contributed by atoms with E-state index in [4.69, 9.17) is 0 Å². The Morgan fingerprint density at radius 1 is 1.65 bits per heavy atom. The Hall–Kier alpha value is -1.91. The van der Waals surface area contributed by atoms with Gasteiger partial charge in [-0.1, -0.05) is 6.08 Å². The Balaban J connectivity index is 2.11.